The Hall–Kier alpha value is -0.900. The largest absolute Gasteiger partial charge is 0.307 e. The molecule has 2 fully saturated rings. The minimum Gasteiger partial charge on any atom is -0.307 e. The summed E-state index contributed by atoms with van der Waals surface area (Å²) in [6.45, 7) is 3.43. The maximum Gasteiger partial charge on any atom is 0.153 e. The number of H-pyrrole nitrogens is 1. The predicted octanol–water partition coefficient (Wildman–Crippen LogP) is 2.91. The van der Waals surface area contributed by atoms with E-state index in [1.807, 2.05) is 0 Å². The molecule has 3 rings (SSSR count). The molecule has 2 N–H and O–H groups in total. The van der Waals surface area contributed by atoms with Crippen LogP contribution in [0.1, 0.15) is 75.5 Å². The SMILES string of the molecule is CC1CCNC(c2nc(C3CCCCC3)n[nH]2)C1. The average molecular weight is 248 g/mol. The molecule has 2 atom stereocenters. The molecule has 1 aliphatic heterocycles. The molecular formula is C14H24N4. The van der Waals surface area contributed by atoms with Crippen LogP contribution in [0.3, 0.4) is 0 Å². The predicted molar refractivity (Wildman–Crippen MR) is 71.4 cm³/mol. The molecule has 4 heteroatoms. The Kier molecular flexibility index (Phi) is 3.64. The first kappa shape index (κ1) is 12.2. The number of rotatable bonds is 2. The second-order valence-corrected chi connectivity index (χ2v) is 6.05. The van der Waals surface area contributed by atoms with E-state index in [0.29, 0.717) is 12.0 Å². The molecule has 1 aromatic rings. The molecule has 0 radical (unpaired) electrons. The lowest BCUT2D eigenvalue weighted by molar-refractivity contribution is 0.316. The first-order valence-electron chi connectivity index (χ1n) is 7.48. The van der Waals surface area contributed by atoms with E-state index in [2.05, 4.69) is 22.4 Å². The van der Waals surface area contributed by atoms with Gasteiger partial charge in [0.25, 0.3) is 0 Å². The van der Waals surface area contributed by atoms with E-state index < -0.39 is 0 Å². The molecule has 1 saturated carbocycles. The van der Waals surface area contributed by atoms with Gasteiger partial charge in [-0.25, -0.2) is 4.98 Å². The number of nitrogens with zero attached hydrogens (tertiary/aromatic N) is 2. The minimum atomic E-state index is 0.388. The van der Waals surface area contributed by atoms with Crippen LogP contribution in [0.5, 0.6) is 0 Å². The van der Waals surface area contributed by atoms with Gasteiger partial charge in [0.15, 0.2) is 5.82 Å². The van der Waals surface area contributed by atoms with Gasteiger partial charge in [0.1, 0.15) is 5.82 Å². The highest BCUT2D eigenvalue weighted by atomic mass is 15.2. The quantitative estimate of drug-likeness (QED) is 0.846. The number of aromatic amines is 1. The molecule has 1 aromatic heterocycles. The molecule has 1 aliphatic carbocycles. The molecule has 2 heterocycles. The molecule has 0 spiro atoms. The Morgan fingerprint density at radius 3 is 2.72 bits per heavy atom. The van der Waals surface area contributed by atoms with Gasteiger partial charge < -0.3 is 5.32 Å². The van der Waals surface area contributed by atoms with E-state index in [1.165, 1.54) is 44.9 Å². The van der Waals surface area contributed by atoms with Crippen LogP contribution in [0.15, 0.2) is 0 Å². The van der Waals surface area contributed by atoms with Gasteiger partial charge in [0, 0.05) is 5.92 Å². The summed E-state index contributed by atoms with van der Waals surface area (Å²) in [6, 6.07) is 0.388. The zero-order valence-corrected chi connectivity index (χ0v) is 11.3. The van der Waals surface area contributed by atoms with Crippen LogP contribution >= 0.6 is 0 Å². The maximum absolute atomic E-state index is 4.76. The van der Waals surface area contributed by atoms with Crippen LogP contribution in [0.25, 0.3) is 0 Å². The van der Waals surface area contributed by atoms with Crippen LogP contribution in [0, 0.1) is 5.92 Å². The van der Waals surface area contributed by atoms with Crippen molar-refractivity contribution in [3.05, 3.63) is 11.6 Å². The van der Waals surface area contributed by atoms with Crippen molar-refractivity contribution in [1.82, 2.24) is 20.5 Å². The van der Waals surface area contributed by atoms with Crippen LogP contribution in [-0.4, -0.2) is 21.7 Å². The summed E-state index contributed by atoms with van der Waals surface area (Å²) >= 11 is 0. The second kappa shape index (κ2) is 5.39. The van der Waals surface area contributed by atoms with E-state index >= 15 is 0 Å². The highest BCUT2D eigenvalue weighted by Crippen LogP contribution is 2.31. The zero-order chi connectivity index (χ0) is 12.4. The summed E-state index contributed by atoms with van der Waals surface area (Å²) in [5.41, 5.74) is 0. The van der Waals surface area contributed by atoms with Crippen molar-refractivity contribution in [3.8, 4) is 0 Å². The van der Waals surface area contributed by atoms with Gasteiger partial charge in [-0.05, 0) is 38.1 Å². The molecule has 0 aromatic carbocycles. The molecule has 4 nitrogen and oxygen atoms in total. The van der Waals surface area contributed by atoms with Gasteiger partial charge >= 0.3 is 0 Å². The number of piperidine rings is 1. The minimum absolute atomic E-state index is 0.388. The normalized spacial score (nSPS) is 30.5. The van der Waals surface area contributed by atoms with E-state index in [-0.39, 0.29) is 0 Å². The molecule has 1 saturated heterocycles. The summed E-state index contributed by atoms with van der Waals surface area (Å²) < 4.78 is 0. The molecule has 18 heavy (non-hydrogen) atoms. The third-order valence-corrected chi connectivity index (χ3v) is 4.49. The average Bonchev–Trinajstić information content (AvgIpc) is 2.89. The van der Waals surface area contributed by atoms with Crippen LogP contribution in [0.2, 0.25) is 0 Å². The first-order chi connectivity index (χ1) is 8.83. The molecule has 0 amide bonds. The lowest BCUT2D eigenvalue weighted by Crippen LogP contribution is -2.31. The first-order valence-corrected chi connectivity index (χ1v) is 7.48. The Bertz CT molecular complexity index is 381. The van der Waals surface area contributed by atoms with Gasteiger partial charge in [0.2, 0.25) is 0 Å². The number of hydrogen-bond donors (Lipinski definition) is 2. The highest BCUT2D eigenvalue weighted by Gasteiger charge is 2.25. The summed E-state index contributed by atoms with van der Waals surface area (Å²) in [7, 11) is 0. The summed E-state index contributed by atoms with van der Waals surface area (Å²) in [6.07, 6.45) is 9.06. The van der Waals surface area contributed by atoms with Crippen LogP contribution in [-0.2, 0) is 0 Å². The van der Waals surface area contributed by atoms with Gasteiger partial charge in [-0.1, -0.05) is 26.2 Å². The lowest BCUT2D eigenvalue weighted by atomic mass is 9.89. The van der Waals surface area contributed by atoms with E-state index in [1.54, 1.807) is 0 Å². The Balaban J connectivity index is 1.68. The smallest absolute Gasteiger partial charge is 0.153 e. The number of nitrogens with one attached hydrogen (secondary N) is 2. The fourth-order valence-corrected chi connectivity index (χ4v) is 3.30. The molecule has 2 aliphatic rings. The van der Waals surface area contributed by atoms with Crippen molar-refractivity contribution in [2.24, 2.45) is 5.92 Å². The fourth-order valence-electron chi connectivity index (χ4n) is 3.30. The van der Waals surface area contributed by atoms with Crippen molar-refractivity contribution in [1.29, 1.82) is 0 Å². The third kappa shape index (κ3) is 2.58. The number of aromatic nitrogens is 3. The van der Waals surface area contributed by atoms with E-state index in [0.717, 1.165) is 24.1 Å². The van der Waals surface area contributed by atoms with Gasteiger partial charge in [-0.2, -0.15) is 5.10 Å². The molecule has 100 valence electrons. The monoisotopic (exact) mass is 248 g/mol. The summed E-state index contributed by atoms with van der Waals surface area (Å²) in [4.78, 5) is 4.76. The van der Waals surface area contributed by atoms with E-state index in [9.17, 15) is 0 Å². The summed E-state index contributed by atoms with van der Waals surface area (Å²) in [5.74, 6) is 3.51. The lowest BCUT2D eigenvalue weighted by Gasteiger charge is -2.26. The van der Waals surface area contributed by atoms with Crippen molar-refractivity contribution in [2.75, 3.05) is 6.54 Å². The highest BCUT2D eigenvalue weighted by molar-refractivity contribution is 5.03. The Labute approximate surface area is 109 Å². The second-order valence-electron chi connectivity index (χ2n) is 6.05. The van der Waals surface area contributed by atoms with Gasteiger partial charge in [-0.15, -0.1) is 0 Å². The third-order valence-electron chi connectivity index (χ3n) is 4.49. The standard InChI is InChI=1S/C14H24N4/c1-10-7-8-15-12(9-10)14-16-13(17-18-14)11-5-3-2-4-6-11/h10-12,15H,2-9H2,1H3,(H,16,17,18). The van der Waals surface area contributed by atoms with Crippen molar-refractivity contribution in [3.63, 3.8) is 0 Å². The van der Waals surface area contributed by atoms with Gasteiger partial charge in [0.05, 0.1) is 6.04 Å². The van der Waals surface area contributed by atoms with Crippen molar-refractivity contribution < 1.29 is 0 Å². The number of hydrogen-bond acceptors (Lipinski definition) is 3. The van der Waals surface area contributed by atoms with Gasteiger partial charge in [-0.3, -0.25) is 5.10 Å². The van der Waals surface area contributed by atoms with Crippen molar-refractivity contribution >= 4 is 0 Å². The molecule has 0 bridgehead atoms. The molecule has 2 unspecified atom stereocenters. The van der Waals surface area contributed by atoms with E-state index in [4.69, 9.17) is 4.98 Å². The van der Waals surface area contributed by atoms with Crippen LogP contribution in [0.4, 0.5) is 0 Å². The Morgan fingerprint density at radius 2 is 1.94 bits per heavy atom. The van der Waals surface area contributed by atoms with Crippen molar-refractivity contribution in [2.45, 2.75) is 63.8 Å². The molecular weight excluding hydrogens is 224 g/mol. The Morgan fingerprint density at radius 1 is 1.11 bits per heavy atom. The zero-order valence-electron chi connectivity index (χ0n) is 11.3. The maximum atomic E-state index is 4.76. The van der Waals surface area contributed by atoms with Crippen LogP contribution < -0.4 is 5.32 Å². The fraction of sp³-hybridized carbons (Fsp3) is 0.857. The topological polar surface area (TPSA) is 53.6 Å². The summed E-state index contributed by atoms with van der Waals surface area (Å²) in [5, 5.41) is 11.2.